The standard InChI is InChI=1S/C13H10N4O3/c14-5-11(16)12(6-15)17-7-9-1-3-10(4-2-9)20-8-13(18)19/h1-4,7H,8,16H2,(H,18,19)/b12-11+,17-7?. The summed E-state index contributed by atoms with van der Waals surface area (Å²) < 4.78 is 4.96. The summed E-state index contributed by atoms with van der Waals surface area (Å²) in [6, 6.07) is 9.72. The highest BCUT2D eigenvalue weighted by Crippen LogP contribution is 2.11. The minimum absolute atomic E-state index is 0.168. The number of aliphatic imine (C=N–C) groups is 1. The maximum atomic E-state index is 10.3. The number of hydrogen-bond donors (Lipinski definition) is 2. The highest BCUT2D eigenvalue weighted by atomic mass is 16.5. The summed E-state index contributed by atoms with van der Waals surface area (Å²) in [6.45, 7) is -0.423. The fourth-order valence-corrected chi connectivity index (χ4v) is 1.15. The average molecular weight is 270 g/mol. The lowest BCUT2D eigenvalue weighted by atomic mass is 10.2. The monoisotopic (exact) mass is 270 g/mol. The molecule has 0 saturated carbocycles. The van der Waals surface area contributed by atoms with E-state index < -0.39 is 12.6 Å². The van der Waals surface area contributed by atoms with Gasteiger partial charge in [-0.3, -0.25) is 0 Å². The number of ether oxygens (including phenoxy) is 1. The van der Waals surface area contributed by atoms with Crippen LogP contribution in [0.4, 0.5) is 0 Å². The lowest BCUT2D eigenvalue weighted by Gasteiger charge is -2.02. The zero-order chi connectivity index (χ0) is 15.0. The smallest absolute Gasteiger partial charge is 0.341 e. The van der Waals surface area contributed by atoms with Gasteiger partial charge in [0, 0.05) is 6.21 Å². The normalized spacial score (nSPS) is 11.3. The van der Waals surface area contributed by atoms with Gasteiger partial charge in [-0.05, 0) is 29.8 Å². The molecule has 7 nitrogen and oxygen atoms in total. The van der Waals surface area contributed by atoms with E-state index >= 15 is 0 Å². The van der Waals surface area contributed by atoms with Gasteiger partial charge in [0.15, 0.2) is 12.3 Å². The molecule has 0 saturated heterocycles. The number of nitrogens with zero attached hydrogens (tertiary/aromatic N) is 3. The molecule has 0 aliphatic carbocycles. The molecule has 0 aliphatic rings. The second-order valence-corrected chi connectivity index (χ2v) is 3.50. The number of aliphatic carboxylic acids is 1. The molecular formula is C13H10N4O3. The van der Waals surface area contributed by atoms with Crippen LogP contribution in [0.3, 0.4) is 0 Å². The molecule has 0 amide bonds. The summed E-state index contributed by atoms with van der Waals surface area (Å²) in [5.41, 5.74) is 5.51. The second-order valence-electron chi connectivity index (χ2n) is 3.50. The van der Waals surface area contributed by atoms with Crippen molar-refractivity contribution in [3.8, 4) is 17.9 Å². The lowest BCUT2D eigenvalue weighted by molar-refractivity contribution is -0.139. The fraction of sp³-hybridized carbons (Fsp3) is 0.0769. The van der Waals surface area contributed by atoms with E-state index in [2.05, 4.69) is 4.99 Å². The number of rotatable bonds is 5. The Labute approximate surface area is 114 Å². The molecule has 0 unspecified atom stereocenters. The van der Waals surface area contributed by atoms with Crippen molar-refractivity contribution in [3.63, 3.8) is 0 Å². The Morgan fingerprint density at radius 1 is 1.35 bits per heavy atom. The maximum absolute atomic E-state index is 10.3. The van der Waals surface area contributed by atoms with E-state index in [0.29, 0.717) is 11.3 Å². The van der Waals surface area contributed by atoms with Crippen LogP contribution in [0.5, 0.6) is 5.75 Å². The number of benzene rings is 1. The molecule has 20 heavy (non-hydrogen) atoms. The van der Waals surface area contributed by atoms with Gasteiger partial charge in [0.1, 0.15) is 23.6 Å². The Bertz CT molecular complexity index is 633. The summed E-state index contributed by atoms with van der Waals surface area (Å²) in [6.07, 6.45) is 1.36. The first kappa shape index (κ1) is 14.7. The summed E-state index contributed by atoms with van der Waals surface area (Å²) >= 11 is 0. The molecule has 7 heteroatoms. The van der Waals surface area contributed by atoms with Crippen LogP contribution < -0.4 is 10.5 Å². The number of carbonyl (C=O) groups is 1. The van der Waals surface area contributed by atoms with Gasteiger partial charge in [0.25, 0.3) is 0 Å². The van der Waals surface area contributed by atoms with Gasteiger partial charge >= 0.3 is 5.97 Å². The molecule has 0 spiro atoms. The first-order valence-corrected chi connectivity index (χ1v) is 5.35. The highest BCUT2D eigenvalue weighted by molar-refractivity contribution is 5.81. The third kappa shape index (κ3) is 4.51. The number of hydrogen-bond acceptors (Lipinski definition) is 6. The van der Waals surface area contributed by atoms with E-state index in [1.54, 1.807) is 36.4 Å². The third-order valence-electron chi connectivity index (χ3n) is 2.07. The van der Waals surface area contributed by atoms with Gasteiger partial charge in [-0.25, -0.2) is 9.79 Å². The molecule has 1 aromatic rings. The fourth-order valence-electron chi connectivity index (χ4n) is 1.15. The van der Waals surface area contributed by atoms with E-state index in [-0.39, 0.29) is 11.4 Å². The third-order valence-corrected chi connectivity index (χ3v) is 2.07. The van der Waals surface area contributed by atoms with E-state index in [1.165, 1.54) is 6.21 Å². The topological polar surface area (TPSA) is 132 Å². The van der Waals surface area contributed by atoms with Crippen LogP contribution in [0, 0.1) is 22.7 Å². The van der Waals surface area contributed by atoms with Gasteiger partial charge in [0.05, 0.1) is 0 Å². The van der Waals surface area contributed by atoms with Crippen molar-refractivity contribution >= 4 is 12.2 Å². The second kappa shape index (κ2) is 7.19. The molecular weight excluding hydrogens is 260 g/mol. The number of carboxylic acids is 1. The molecule has 3 N–H and O–H groups in total. The van der Waals surface area contributed by atoms with Crippen LogP contribution >= 0.6 is 0 Å². The van der Waals surface area contributed by atoms with Crippen molar-refractivity contribution in [1.29, 1.82) is 10.5 Å². The molecule has 1 rings (SSSR count). The molecule has 1 aromatic carbocycles. The lowest BCUT2D eigenvalue weighted by Crippen LogP contribution is -2.09. The Morgan fingerprint density at radius 2 is 2.00 bits per heavy atom. The van der Waals surface area contributed by atoms with E-state index in [4.69, 9.17) is 26.1 Å². The quantitative estimate of drug-likeness (QED) is 0.600. The van der Waals surface area contributed by atoms with Gasteiger partial charge in [0.2, 0.25) is 0 Å². The van der Waals surface area contributed by atoms with Crippen LogP contribution in [0.25, 0.3) is 0 Å². The van der Waals surface area contributed by atoms with Crippen LogP contribution in [0.15, 0.2) is 40.7 Å². The van der Waals surface area contributed by atoms with Gasteiger partial charge in [-0.1, -0.05) is 0 Å². The zero-order valence-corrected chi connectivity index (χ0v) is 10.3. The van der Waals surface area contributed by atoms with Crippen LogP contribution in [0.1, 0.15) is 5.56 Å². The first-order valence-electron chi connectivity index (χ1n) is 5.35. The predicted molar refractivity (Wildman–Crippen MR) is 69.6 cm³/mol. The minimum Gasteiger partial charge on any atom is -0.482 e. The van der Waals surface area contributed by atoms with Crippen molar-refractivity contribution in [3.05, 3.63) is 41.2 Å². The van der Waals surface area contributed by atoms with E-state index in [9.17, 15) is 4.79 Å². The SMILES string of the molecule is N#C/C(N)=C(/C#N)N=Cc1ccc(OCC(=O)O)cc1. The number of nitrogens with two attached hydrogens (primary N) is 1. The molecule has 0 bridgehead atoms. The summed E-state index contributed by atoms with van der Waals surface area (Å²) in [4.78, 5) is 14.1. The summed E-state index contributed by atoms with van der Waals surface area (Å²) in [5.74, 6) is -0.663. The summed E-state index contributed by atoms with van der Waals surface area (Å²) in [5, 5.41) is 25.8. The first-order chi connectivity index (χ1) is 9.56. The van der Waals surface area contributed by atoms with Crippen LogP contribution in [-0.2, 0) is 4.79 Å². The molecule has 0 radical (unpaired) electrons. The molecule has 100 valence electrons. The Morgan fingerprint density at radius 3 is 2.50 bits per heavy atom. The Hall–Kier alpha value is -3.32. The minimum atomic E-state index is -1.06. The Balaban J connectivity index is 2.78. The van der Waals surface area contributed by atoms with Gasteiger partial charge < -0.3 is 15.6 Å². The summed E-state index contributed by atoms with van der Waals surface area (Å²) in [7, 11) is 0. The highest BCUT2D eigenvalue weighted by Gasteiger charge is 2.00. The van der Waals surface area contributed by atoms with E-state index in [0.717, 1.165) is 0 Å². The van der Waals surface area contributed by atoms with Crippen molar-refractivity contribution in [2.24, 2.45) is 10.7 Å². The number of allylic oxidation sites excluding steroid dienone is 2. The van der Waals surface area contributed by atoms with Gasteiger partial charge in [-0.15, -0.1) is 0 Å². The van der Waals surface area contributed by atoms with Crippen molar-refractivity contribution in [2.45, 2.75) is 0 Å². The molecule has 0 heterocycles. The maximum Gasteiger partial charge on any atom is 0.341 e. The van der Waals surface area contributed by atoms with Crippen LogP contribution in [-0.4, -0.2) is 23.9 Å². The Kier molecular flexibility index (Phi) is 5.30. The van der Waals surface area contributed by atoms with Crippen LogP contribution in [0.2, 0.25) is 0 Å². The zero-order valence-electron chi connectivity index (χ0n) is 10.3. The average Bonchev–Trinajstić information content (AvgIpc) is 2.46. The molecule has 0 aromatic heterocycles. The van der Waals surface area contributed by atoms with E-state index in [1.807, 2.05) is 0 Å². The number of carboxylic acid groups (broad SMARTS) is 1. The van der Waals surface area contributed by atoms with Crippen molar-refractivity contribution in [2.75, 3.05) is 6.61 Å². The largest absolute Gasteiger partial charge is 0.482 e. The predicted octanol–water partition coefficient (Wildman–Crippen LogP) is 0.786. The molecule has 0 fully saturated rings. The molecule has 0 aliphatic heterocycles. The van der Waals surface area contributed by atoms with Gasteiger partial charge in [-0.2, -0.15) is 10.5 Å². The van der Waals surface area contributed by atoms with Crippen molar-refractivity contribution in [1.82, 2.24) is 0 Å². The van der Waals surface area contributed by atoms with Crippen molar-refractivity contribution < 1.29 is 14.6 Å². The number of nitriles is 2. The molecule has 0 atom stereocenters.